The largest absolute Gasteiger partial charge is 0.394 e. The quantitative estimate of drug-likeness (QED) is 0.0161. The van der Waals surface area contributed by atoms with Gasteiger partial charge in [-0.05, 0) is 57.1 Å². The van der Waals surface area contributed by atoms with E-state index in [0.29, 0.717) is 31.2 Å². The molecule has 0 aromatic heterocycles. The number of carbonyl (C=O) groups excluding carboxylic acids is 9. The van der Waals surface area contributed by atoms with Crippen molar-refractivity contribution in [3.05, 3.63) is 35.9 Å². The normalized spacial score (nSPS) is 16.1. The number of rotatable bonds is 28. The van der Waals surface area contributed by atoms with E-state index >= 15 is 0 Å². The average molecular weight is 907 g/mol. The van der Waals surface area contributed by atoms with Crippen LogP contribution in [0, 0.1) is 0 Å². The molecule has 1 heterocycles. The minimum atomic E-state index is -1.65. The van der Waals surface area contributed by atoms with Crippen molar-refractivity contribution in [2.45, 2.75) is 100 Å². The summed E-state index contributed by atoms with van der Waals surface area (Å²) >= 11 is 4.15. The smallest absolute Gasteiger partial charge is 0.245 e. The highest BCUT2D eigenvalue weighted by molar-refractivity contribution is 7.80. The zero-order valence-corrected chi connectivity index (χ0v) is 35.9. The topological polar surface area (TPSA) is 418 Å². The molecule has 7 atom stereocenters. The maximum absolute atomic E-state index is 14.1. The van der Waals surface area contributed by atoms with Crippen molar-refractivity contribution in [2.75, 3.05) is 38.5 Å². The summed E-state index contributed by atoms with van der Waals surface area (Å²) in [4.78, 5) is 122. The van der Waals surface area contributed by atoms with E-state index in [1.807, 2.05) is 0 Å². The number of guanidine groups is 1. The monoisotopic (exact) mass is 906 g/mol. The molecule has 0 spiro atoms. The molecular weight excluding hydrogens is 845 g/mol. The summed E-state index contributed by atoms with van der Waals surface area (Å²) in [5.74, 6) is -7.98. The first-order chi connectivity index (χ1) is 29.9. The van der Waals surface area contributed by atoms with Gasteiger partial charge in [0.05, 0.1) is 19.6 Å². The number of primary amides is 2. The second-order valence-corrected chi connectivity index (χ2v) is 15.0. The van der Waals surface area contributed by atoms with Crippen LogP contribution in [0.15, 0.2) is 35.3 Å². The molecule has 1 aromatic carbocycles. The minimum absolute atomic E-state index is 0.0765. The maximum atomic E-state index is 14.1. The molecular formula is C38H62N14O10S. The van der Waals surface area contributed by atoms with E-state index < -0.39 is 115 Å². The molecule has 1 fully saturated rings. The molecule has 63 heavy (non-hydrogen) atoms. The van der Waals surface area contributed by atoms with Crippen LogP contribution < -0.4 is 66.3 Å². The highest BCUT2D eigenvalue weighted by atomic mass is 32.1. The lowest BCUT2D eigenvalue weighted by Gasteiger charge is -2.30. The number of benzene rings is 1. The highest BCUT2D eigenvalue weighted by Crippen LogP contribution is 2.21. The highest BCUT2D eigenvalue weighted by Gasteiger charge is 2.39. The van der Waals surface area contributed by atoms with E-state index in [2.05, 4.69) is 49.5 Å². The Labute approximate surface area is 370 Å². The molecule has 0 radical (unpaired) electrons. The summed E-state index contributed by atoms with van der Waals surface area (Å²) in [5.41, 5.74) is 33.0. The maximum Gasteiger partial charge on any atom is 0.245 e. The number of nitrogens with one attached hydrogen (secondary N) is 6. The number of likely N-dealkylation sites (tertiary alicyclic amines) is 1. The van der Waals surface area contributed by atoms with E-state index in [0.717, 1.165) is 0 Å². The Kier molecular flexibility index (Phi) is 23.4. The standard InChI is InChI=1S/C38H62N14O10S/c39-13-5-4-10-23(37(62)52-15-7-12-28(52)36(61)47-22(31(42)56)11-6-14-45-38(43)44)48-34(59)26(19-53)50-32(57)24(16-21-8-2-1-3-9-21)49-35(60)27(20-63)51-33(58)25(17-29(41)54)46-30(55)18-40/h1-3,8-9,22-28,53,63H,4-7,10-20,39-40H2,(H2,41,54)(H2,42,56)(H,46,55)(H,47,61)(H,48,59)(H,49,60)(H,50,57)(H,51,58)(H4,43,44,45)/t22-,23-,24-,25-,26-,27-,28-/m0/s1. The van der Waals surface area contributed by atoms with Crippen LogP contribution in [0.3, 0.4) is 0 Å². The number of nitrogens with two attached hydrogens (primary N) is 6. The summed E-state index contributed by atoms with van der Waals surface area (Å²) in [5, 5.41) is 25.1. The second kappa shape index (κ2) is 27.8. The van der Waals surface area contributed by atoms with Gasteiger partial charge in [-0.15, -0.1) is 0 Å². The van der Waals surface area contributed by atoms with Gasteiger partial charge in [-0.3, -0.25) is 48.1 Å². The number of nitrogens with zero attached hydrogens (tertiary/aromatic N) is 2. The average Bonchev–Trinajstić information content (AvgIpc) is 3.74. The molecule has 1 aromatic rings. The Hall–Kier alpha value is -6.05. The van der Waals surface area contributed by atoms with Gasteiger partial charge in [0.2, 0.25) is 53.2 Å². The van der Waals surface area contributed by atoms with Crippen molar-refractivity contribution in [2.24, 2.45) is 39.4 Å². The van der Waals surface area contributed by atoms with Crippen molar-refractivity contribution in [1.82, 2.24) is 36.8 Å². The van der Waals surface area contributed by atoms with Crippen LogP contribution in [0.25, 0.3) is 0 Å². The predicted molar refractivity (Wildman–Crippen MR) is 232 cm³/mol. The van der Waals surface area contributed by atoms with Gasteiger partial charge < -0.3 is 76.3 Å². The zero-order chi connectivity index (χ0) is 47.1. The summed E-state index contributed by atoms with van der Waals surface area (Å²) in [6.07, 6.45) is 1.32. The van der Waals surface area contributed by atoms with Crippen LogP contribution in [0.1, 0.15) is 56.9 Å². The molecule has 24 nitrogen and oxygen atoms in total. The van der Waals surface area contributed by atoms with Gasteiger partial charge in [-0.25, -0.2) is 0 Å². The second-order valence-electron chi connectivity index (χ2n) is 14.7. The van der Waals surface area contributed by atoms with Gasteiger partial charge in [0.1, 0.15) is 42.3 Å². The third kappa shape index (κ3) is 18.4. The summed E-state index contributed by atoms with van der Waals surface area (Å²) in [6, 6.07) is -0.842. The number of hydrogen-bond donors (Lipinski definition) is 14. The first-order valence-corrected chi connectivity index (χ1v) is 21.0. The van der Waals surface area contributed by atoms with Gasteiger partial charge in [0.15, 0.2) is 5.96 Å². The summed E-state index contributed by atoms with van der Waals surface area (Å²) in [6.45, 7) is -0.828. The number of hydrogen-bond acceptors (Lipinski definition) is 14. The third-order valence-electron chi connectivity index (χ3n) is 9.79. The van der Waals surface area contributed by atoms with E-state index in [-0.39, 0.29) is 57.0 Å². The predicted octanol–water partition coefficient (Wildman–Crippen LogP) is -6.45. The van der Waals surface area contributed by atoms with Crippen molar-refractivity contribution in [3.8, 4) is 0 Å². The fraction of sp³-hybridized carbons (Fsp3) is 0.579. The minimum Gasteiger partial charge on any atom is -0.394 e. The Bertz CT molecular complexity index is 1770. The Balaban J connectivity index is 2.28. The number of amides is 9. The van der Waals surface area contributed by atoms with Crippen molar-refractivity contribution < 1.29 is 48.3 Å². The van der Waals surface area contributed by atoms with Crippen LogP contribution in [-0.4, -0.2) is 150 Å². The van der Waals surface area contributed by atoms with Crippen LogP contribution in [0.4, 0.5) is 0 Å². The number of thiol groups is 1. The first-order valence-electron chi connectivity index (χ1n) is 20.4. The first kappa shape index (κ1) is 53.1. The third-order valence-corrected chi connectivity index (χ3v) is 10.2. The number of aliphatic imine (C=N–C) groups is 1. The molecule has 25 heteroatoms. The van der Waals surface area contributed by atoms with E-state index in [1.165, 1.54) is 4.90 Å². The van der Waals surface area contributed by atoms with Crippen LogP contribution >= 0.6 is 12.6 Å². The molecule has 0 aliphatic carbocycles. The Morgan fingerprint density at radius 1 is 0.730 bits per heavy atom. The van der Waals surface area contributed by atoms with Crippen LogP contribution in [0.2, 0.25) is 0 Å². The lowest BCUT2D eigenvalue weighted by molar-refractivity contribution is -0.142. The van der Waals surface area contributed by atoms with Crippen molar-refractivity contribution in [1.29, 1.82) is 0 Å². The fourth-order valence-electron chi connectivity index (χ4n) is 6.51. The Morgan fingerprint density at radius 2 is 1.32 bits per heavy atom. The molecule has 9 amide bonds. The molecule has 19 N–H and O–H groups in total. The molecule has 1 aliphatic heterocycles. The number of aliphatic hydroxyl groups is 1. The summed E-state index contributed by atoms with van der Waals surface area (Å²) < 4.78 is 0. The lowest BCUT2D eigenvalue weighted by atomic mass is 10.0. The number of aliphatic hydroxyl groups excluding tert-OH is 1. The number of carbonyl (C=O) groups is 9. The number of unbranched alkanes of at least 4 members (excludes halogenated alkanes) is 1. The van der Waals surface area contributed by atoms with Gasteiger partial charge in [-0.1, -0.05) is 30.3 Å². The molecule has 2 rings (SSSR count). The molecule has 350 valence electrons. The zero-order valence-electron chi connectivity index (χ0n) is 35.0. The fourth-order valence-corrected chi connectivity index (χ4v) is 6.77. The van der Waals surface area contributed by atoms with Gasteiger partial charge in [0.25, 0.3) is 0 Å². The van der Waals surface area contributed by atoms with Gasteiger partial charge in [0, 0.05) is 25.3 Å². The summed E-state index contributed by atoms with van der Waals surface area (Å²) in [7, 11) is 0. The van der Waals surface area contributed by atoms with Crippen molar-refractivity contribution >= 4 is 71.8 Å². The molecule has 0 saturated carbocycles. The molecule has 1 aliphatic rings. The Morgan fingerprint density at radius 3 is 1.90 bits per heavy atom. The molecule has 1 saturated heterocycles. The van der Waals surface area contributed by atoms with Crippen LogP contribution in [0.5, 0.6) is 0 Å². The lowest BCUT2D eigenvalue weighted by Crippen LogP contribution is -2.61. The molecule has 0 bridgehead atoms. The van der Waals surface area contributed by atoms with E-state index in [9.17, 15) is 48.3 Å². The van der Waals surface area contributed by atoms with E-state index in [4.69, 9.17) is 34.4 Å². The van der Waals surface area contributed by atoms with Gasteiger partial charge in [-0.2, -0.15) is 12.6 Å². The van der Waals surface area contributed by atoms with Crippen LogP contribution in [-0.2, 0) is 49.6 Å². The van der Waals surface area contributed by atoms with Gasteiger partial charge >= 0.3 is 0 Å². The van der Waals surface area contributed by atoms with Crippen molar-refractivity contribution in [3.63, 3.8) is 0 Å². The van der Waals surface area contributed by atoms with E-state index in [1.54, 1.807) is 30.3 Å². The molecule has 0 unspecified atom stereocenters. The SMILES string of the molecule is NCCCC[C@H](NC(=O)[C@H](CO)NC(=O)[C@H](Cc1ccccc1)NC(=O)[C@H](CS)NC(=O)[C@H](CC(N)=O)NC(=O)CN)C(=O)N1CCC[C@H]1C(=O)N[C@@H](CCCN=C(N)N)C(N)=O.